The number of aliphatic carboxylic acids is 1. The summed E-state index contributed by atoms with van der Waals surface area (Å²) in [7, 11) is 4.85. The Hall–Kier alpha value is -5.25. The molecule has 59 heavy (non-hydrogen) atoms. The molecule has 0 bridgehead atoms. The number of rotatable bonds is 11. The van der Waals surface area contributed by atoms with Crippen molar-refractivity contribution in [1.82, 2.24) is 25.1 Å². The van der Waals surface area contributed by atoms with Gasteiger partial charge in [-0.25, -0.2) is 14.2 Å². The van der Waals surface area contributed by atoms with Crippen molar-refractivity contribution in [3.05, 3.63) is 56.2 Å². The number of carbonyl (C=O) groups excluding carboxylic acids is 3. The number of methoxy groups -OCH3 is 1. The number of likely N-dealkylation sites (tertiary alicyclic amines) is 1. The summed E-state index contributed by atoms with van der Waals surface area (Å²) in [6.07, 6.45) is 5.35. The molecule has 316 valence electrons. The number of thiazole rings is 1. The van der Waals surface area contributed by atoms with E-state index in [0.29, 0.717) is 47.9 Å². The molecule has 5 aliphatic rings. The number of nitrogens with zero attached hydrogens (tertiary/aromatic N) is 6. The summed E-state index contributed by atoms with van der Waals surface area (Å²) in [4.78, 5) is 73.8. The summed E-state index contributed by atoms with van der Waals surface area (Å²) < 4.78 is 23.2. The van der Waals surface area contributed by atoms with E-state index in [2.05, 4.69) is 27.8 Å². The van der Waals surface area contributed by atoms with E-state index in [1.54, 1.807) is 9.95 Å². The number of halogens is 1. The third kappa shape index (κ3) is 8.20. The Morgan fingerprint density at radius 1 is 1.22 bits per heavy atom. The molecule has 3 aromatic rings. The molecule has 2 aromatic heterocycles. The lowest BCUT2D eigenvalue weighted by Gasteiger charge is -2.51. The number of hydrogen-bond donors (Lipinski definition) is 4. The topological polar surface area (TPSA) is 234 Å². The minimum absolute atomic E-state index is 0.0445. The number of hydrogen-bond acceptors (Lipinski definition) is 15. The van der Waals surface area contributed by atoms with Gasteiger partial charge in [0.15, 0.2) is 22.4 Å². The van der Waals surface area contributed by atoms with Crippen molar-refractivity contribution >= 4 is 74.3 Å². The minimum Gasteiger partial charge on any atom is -0.543 e. The van der Waals surface area contributed by atoms with E-state index in [4.69, 9.17) is 15.3 Å². The molecule has 18 nitrogen and oxygen atoms in total. The Balaban J connectivity index is 0.000000181. The van der Waals surface area contributed by atoms with Gasteiger partial charge in [-0.2, -0.15) is 0 Å². The van der Waals surface area contributed by atoms with Gasteiger partial charge in [0.1, 0.15) is 42.0 Å². The van der Waals surface area contributed by atoms with Gasteiger partial charge in [0.2, 0.25) is 5.43 Å². The zero-order valence-electron chi connectivity index (χ0n) is 33.0. The first-order valence-corrected chi connectivity index (χ1v) is 21.1. The normalized spacial score (nSPS) is 22.6. The summed E-state index contributed by atoms with van der Waals surface area (Å²) >= 11 is 2.57. The van der Waals surface area contributed by atoms with Crippen molar-refractivity contribution in [2.75, 3.05) is 76.9 Å². The van der Waals surface area contributed by atoms with Crippen LogP contribution in [0.2, 0.25) is 0 Å². The summed E-state index contributed by atoms with van der Waals surface area (Å²) in [6.45, 7) is 6.50. The monoisotopic (exact) mass is 855 g/mol. The number of carboxylic acids is 2. The molecule has 21 heteroatoms. The van der Waals surface area contributed by atoms with Crippen molar-refractivity contribution in [3.63, 3.8) is 0 Å². The van der Waals surface area contributed by atoms with Gasteiger partial charge in [-0.15, -0.1) is 23.1 Å². The zero-order valence-corrected chi connectivity index (χ0v) is 34.6. The molecular weight excluding hydrogens is 810 g/mol. The first-order chi connectivity index (χ1) is 28.2. The number of quaternary nitrogens is 1. The molecule has 1 aliphatic carbocycles. The highest BCUT2D eigenvalue weighted by atomic mass is 32.2. The number of nitrogens with one attached hydrogen (secondary N) is 2. The van der Waals surface area contributed by atoms with Crippen LogP contribution in [0.4, 0.5) is 15.2 Å². The SMILES string of the molecule is CO/N=C(/C(=O)N[C@@H]1C(=O)N2C(C(=O)[O-])=C(C[N+]3(C)CCCC3)CS[C@H]12)c1csc(N)n1.COc1c(N2CCNC(C)C2)c(F)cc2c(=O)c(C(=O)O)cn(C3CC3)c12. The van der Waals surface area contributed by atoms with Gasteiger partial charge in [0, 0.05) is 67.5 Å². The third-order valence-electron chi connectivity index (χ3n) is 11.2. The maximum atomic E-state index is 15.1. The number of oxime groups is 1. The smallest absolute Gasteiger partial charge is 0.341 e. The second-order valence-corrected chi connectivity index (χ2v) is 17.5. The maximum Gasteiger partial charge on any atom is 0.341 e. The Morgan fingerprint density at radius 2 is 1.95 bits per heavy atom. The van der Waals surface area contributed by atoms with E-state index in [0.717, 1.165) is 67.2 Å². The van der Waals surface area contributed by atoms with E-state index in [-0.39, 0.29) is 45.3 Å². The number of ether oxygens (including phenoxy) is 1. The van der Waals surface area contributed by atoms with Crippen LogP contribution >= 0.6 is 23.1 Å². The van der Waals surface area contributed by atoms with Gasteiger partial charge in [-0.05, 0) is 25.8 Å². The molecule has 6 heterocycles. The Kier molecular flexibility index (Phi) is 11.9. The predicted molar refractivity (Wildman–Crippen MR) is 217 cm³/mol. The molecular formula is C38H46FN9O9S2. The van der Waals surface area contributed by atoms with Gasteiger partial charge < -0.3 is 54.9 Å². The van der Waals surface area contributed by atoms with E-state index in [9.17, 15) is 34.2 Å². The van der Waals surface area contributed by atoms with Crippen LogP contribution < -0.4 is 36.5 Å². The second-order valence-electron chi connectivity index (χ2n) is 15.5. The molecule has 4 aliphatic heterocycles. The van der Waals surface area contributed by atoms with Crippen LogP contribution in [-0.2, 0) is 19.2 Å². The number of carboxylic acid groups (broad SMARTS) is 2. The van der Waals surface area contributed by atoms with E-state index < -0.39 is 46.4 Å². The van der Waals surface area contributed by atoms with Gasteiger partial charge in [0.05, 0.1) is 49.8 Å². The summed E-state index contributed by atoms with van der Waals surface area (Å²) in [5.41, 5.74) is 6.15. The molecule has 1 saturated carbocycles. The van der Waals surface area contributed by atoms with E-state index >= 15 is 4.39 Å². The number of aromatic carboxylic acids is 1. The molecule has 1 unspecified atom stereocenters. The Bertz CT molecular complexity index is 2320. The largest absolute Gasteiger partial charge is 0.543 e. The number of carbonyl (C=O) groups is 4. The average molecular weight is 856 g/mol. The third-order valence-corrected chi connectivity index (χ3v) is 13.2. The maximum absolute atomic E-state index is 15.1. The molecule has 3 atom stereocenters. The highest BCUT2D eigenvalue weighted by Crippen LogP contribution is 2.44. The van der Waals surface area contributed by atoms with Gasteiger partial charge >= 0.3 is 5.97 Å². The average Bonchev–Trinajstić information content (AvgIpc) is 3.82. The summed E-state index contributed by atoms with van der Waals surface area (Å²) in [5.74, 6) is -3.65. The molecule has 2 amide bonds. The van der Waals surface area contributed by atoms with Crippen LogP contribution in [0.25, 0.3) is 10.9 Å². The standard InChI is InChI=1S/C19H22FN3O4.C19H24N6O5S2/c1-10-8-22(6-5-21-10)16-14(20)7-12-15(18(16)27-2)23(11-3-4-11)9-13(17(12)24)19(25)26;1-25(5-3-4-6-25)7-10-8-31-17-13(16(27)24(17)14(10)18(28)29)22-15(26)12(23-30-2)11-9-32-19(20)21-11/h7,9-11,21H,3-6,8H2,1-2H3,(H,25,26);9,13,17H,3-8H2,1-2H3,(H3-,20,21,22,26,28,29)/b;23-12+/t;13-,17-/m.1/s1. The predicted octanol–water partition coefficient (Wildman–Crippen LogP) is 0.701. The van der Waals surface area contributed by atoms with Crippen molar-refractivity contribution < 1.29 is 47.8 Å². The number of benzene rings is 1. The molecule has 4 fully saturated rings. The Morgan fingerprint density at radius 3 is 2.54 bits per heavy atom. The molecule has 1 aromatic carbocycles. The van der Waals surface area contributed by atoms with Crippen LogP contribution in [0.5, 0.6) is 5.75 Å². The summed E-state index contributed by atoms with van der Waals surface area (Å²) in [6, 6.07) is 0.560. The van der Waals surface area contributed by atoms with E-state index in [1.807, 2.05) is 11.8 Å². The number of thioether (sulfide) groups is 1. The second kappa shape index (κ2) is 16.8. The van der Waals surface area contributed by atoms with Crippen LogP contribution in [-0.4, -0.2) is 137 Å². The lowest BCUT2D eigenvalue weighted by molar-refractivity contribution is -0.893. The Labute approximate surface area is 346 Å². The summed E-state index contributed by atoms with van der Waals surface area (Å²) in [5, 5.41) is 32.3. The number of amides is 2. The highest BCUT2D eigenvalue weighted by Gasteiger charge is 2.54. The molecule has 3 saturated heterocycles. The molecule has 8 rings (SSSR count). The fourth-order valence-electron chi connectivity index (χ4n) is 8.27. The number of anilines is 2. The number of aromatic nitrogens is 2. The molecule has 0 spiro atoms. The molecule has 5 N–H and O–H groups in total. The van der Waals surface area contributed by atoms with Gasteiger partial charge in [-0.3, -0.25) is 19.3 Å². The van der Waals surface area contributed by atoms with Crippen LogP contribution in [0.1, 0.15) is 54.7 Å². The van der Waals surface area contributed by atoms with Crippen molar-refractivity contribution in [2.24, 2.45) is 5.16 Å². The lowest BCUT2D eigenvalue weighted by atomic mass is 10.0. The quantitative estimate of drug-likeness (QED) is 0.0901. The number of nitrogens with two attached hydrogens (primary N) is 1. The first kappa shape index (κ1) is 41.9. The van der Waals surface area contributed by atoms with Crippen molar-refractivity contribution in [2.45, 2.75) is 56.1 Å². The van der Waals surface area contributed by atoms with Crippen molar-refractivity contribution in [3.8, 4) is 5.75 Å². The number of nitrogen functional groups attached to an aromatic ring is 1. The minimum atomic E-state index is -1.37. The number of pyridine rings is 1. The van der Waals surface area contributed by atoms with Crippen LogP contribution in [0, 0.1) is 5.82 Å². The first-order valence-electron chi connectivity index (χ1n) is 19.2. The van der Waals surface area contributed by atoms with Crippen LogP contribution in [0.15, 0.2) is 38.9 Å². The van der Waals surface area contributed by atoms with Gasteiger partial charge in [0.25, 0.3) is 11.8 Å². The zero-order chi connectivity index (χ0) is 42.3. The van der Waals surface area contributed by atoms with E-state index in [1.165, 1.54) is 37.1 Å². The highest BCUT2D eigenvalue weighted by molar-refractivity contribution is 8.00. The fourth-order valence-corrected chi connectivity index (χ4v) is 10.2. The number of piperazine rings is 1. The van der Waals surface area contributed by atoms with Crippen molar-refractivity contribution in [1.29, 1.82) is 0 Å². The fraction of sp³-hybridized carbons (Fsp3) is 0.500. The van der Waals surface area contributed by atoms with Crippen LogP contribution in [0.3, 0.4) is 0 Å². The number of β-lactam (4-membered cyclic amide) rings is 1. The lowest BCUT2D eigenvalue weighted by Crippen LogP contribution is -2.71. The number of likely N-dealkylation sites (N-methyl/N-ethyl adjacent to an activating group) is 1. The molecule has 0 radical (unpaired) electrons. The number of fused-ring (bicyclic) bond motifs is 2. The van der Waals surface area contributed by atoms with Gasteiger partial charge in [-0.1, -0.05) is 5.16 Å².